The number of esters is 1. The fourth-order valence-electron chi connectivity index (χ4n) is 3.15. The van der Waals surface area contributed by atoms with Crippen molar-refractivity contribution < 1.29 is 19.0 Å². The van der Waals surface area contributed by atoms with Gasteiger partial charge in [0.2, 0.25) is 5.79 Å². The number of fused-ring (bicyclic) bond motifs is 1. The van der Waals surface area contributed by atoms with Gasteiger partial charge in [-0.15, -0.1) is 0 Å². The molecule has 8 nitrogen and oxygen atoms in total. The predicted octanol–water partition coefficient (Wildman–Crippen LogP) is 2.48. The van der Waals surface area contributed by atoms with Crippen LogP contribution in [0, 0.1) is 0 Å². The van der Waals surface area contributed by atoms with Crippen molar-refractivity contribution in [3.05, 3.63) is 79.8 Å². The number of cyclic esters (lactones) is 1. The lowest BCUT2D eigenvalue weighted by Gasteiger charge is -2.32. The van der Waals surface area contributed by atoms with Crippen molar-refractivity contribution in [3.8, 4) is 11.5 Å². The molecule has 0 atom stereocenters. The molecule has 9 heteroatoms. The second kappa shape index (κ2) is 7.83. The third-order valence-electron chi connectivity index (χ3n) is 4.47. The third kappa shape index (κ3) is 4.02. The molecule has 0 saturated heterocycles. The van der Waals surface area contributed by atoms with Crippen LogP contribution in [0.1, 0.15) is 29.8 Å². The lowest BCUT2D eigenvalue weighted by atomic mass is 10.1. The Morgan fingerprint density at radius 2 is 1.77 bits per heavy atom. The first kappa shape index (κ1) is 20.0. The van der Waals surface area contributed by atoms with Crippen molar-refractivity contribution in [2.45, 2.75) is 32.7 Å². The minimum atomic E-state index is -1.05. The molecule has 0 spiro atoms. The predicted molar refractivity (Wildman–Crippen MR) is 110 cm³/mol. The fraction of sp³-hybridized carbons (Fsp3) is 0.286. The molecule has 0 unspecified atom stereocenters. The summed E-state index contributed by atoms with van der Waals surface area (Å²) in [6.07, 6.45) is 0. The van der Waals surface area contributed by atoms with Crippen LogP contribution in [-0.4, -0.2) is 26.9 Å². The van der Waals surface area contributed by atoms with Crippen LogP contribution in [0.3, 0.4) is 0 Å². The maximum atomic E-state index is 12.6. The van der Waals surface area contributed by atoms with Gasteiger partial charge in [0, 0.05) is 25.4 Å². The van der Waals surface area contributed by atoms with Crippen molar-refractivity contribution >= 4 is 17.5 Å². The first-order chi connectivity index (χ1) is 14.3. The Balaban J connectivity index is 1.47. The molecule has 2 heterocycles. The summed E-state index contributed by atoms with van der Waals surface area (Å²) in [4.78, 5) is 36.8. The molecule has 30 heavy (non-hydrogen) atoms. The van der Waals surface area contributed by atoms with Gasteiger partial charge in [-0.1, -0.05) is 36.4 Å². The highest BCUT2D eigenvalue weighted by atomic mass is 32.1. The summed E-state index contributed by atoms with van der Waals surface area (Å²) < 4.78 is 19.2. The van der Waals surface area contributed by atoms with Crippen LogP contribution < -0.4 is 20.0 Å². The summed E-state index contributed by atoms with van der Waals surface area (Å²) in [5.41, 5.74) is 0.686. The molecule has 0 bridgehead atoms. The van der Waals surface area contributed by atoms with Gasteiger partial charge in [0.05, 0.1) is 13.1 Å². The van der Waals surface area contributed by atoms with Gasteiger partial charge in [0.25, 0.3) is 0 Å². The van der Waals surface area contributed by atoms with Crippen LogP contribution in [0.15, 0.2) is 58.1 Å². The van der Waals surface area contributed by atoms with E-state index < -0.39 is 17.4 Å². The van der Waals surface area contributed by atoms with E-state index in [2.05, 4.69) is 0 Å². The zero-order valence-electron chi connectivity index (χ0n) is 16.5. The number of ether oxygens (including phenoxy) is 3. The van der Waals surface area contributed by atoms with Crippen molar-refractivity contribution in [1.82, 2.24) is 8.52 Å². The Morgan fingerprint density at radius 1 is 1.00 bits per heavy atom. The van der Waals surface area contributed by atoms with Crippen LogP contribution in [0.4, 0.5) is 0 Å². The maximum Gasteiger partial charge on any atom is 0.349 e. The highest BCUT2D eigenvalue weighted by Crippen LogP contribution is 2.36. The second-order valence-corrected chi connectivity index (χ2v) is 8.16. The average molecular weight is 428 g/mol. The Kier molecular flexibility index (Phi) is 5.21. The van der Waals surface area contributed by atoms with E-state index in [-0.39, 0.29) is 30.1 Å². The second-order valence-electron chi connectivity index (χ2n) is 7.18. The molecule has 0 N–H and O–H groups in total. The molecule has 2 aromatic carbocycles. The summed E-state index contributed by atoms with van der Waals surface area (Å²) in [5.74, 6) is -0.904. The van der Waals surface area contributed by atoms with E-state index in [1.165, 1.54) is 8.52 Å². The molecule has 1 aliphatic heterocycles. The molecule has 156 valence electrons. The van der Waals surface area contributed by atoms with Gasteiger partial charge < -0.3 is 14.2 Å². The Labute approximate surface area is 176 Å². The summed E-state index contributed by atoms with van der Waals surface area (Å²) in [5, 5.41) is 0. The van der Waals surface area contributed by atoms with Crippen LogP contribution in [0.2, 0.25) is 0 Å². The molecule has 0 saturated carbocycles. The van der Waals surface area contributed by atoms with E-state index in [4.69, 9.17) is 14.2 Å². The first-order valence-corrected chi connectivity index (χ1v) is 10.1. The van der Waals surface area contributed by atoms with E-state index in [1.807, 2.05) is 30.3 Å². The summed E-state index contributed by atoms with van der Waals surface area (Å²) in [6.45, 7) is 3.78. The molecule has 0 amide bonds. The number of hydrogen-bond donors (Lipinski definition) is 0. The number of nitrogens with zero attached hydrogens (tertiary/aromatic N) is 2. The van der Waals surface area contributed by atoms with Gasteiger partial charge in [-0.05, 0) is 17.7 Å². The van der Waals surface area contributed by atoms with E-state index in [0.717, 1.165) is 17.1 Å². The van der Waals surface area contributed by atoms with Crippen molar-refractivity contribution in [1.29, 1.82) is 0 Å². The molecule has 4 rings (SSSR count). The van der Waals surface area contributed by atoms with Crippen LogP contribution in [-0.2, 0) is 17.8 Å². The Morgan fingerprint density at radius 3 is 2.53 bits per heavy atom. The van der Waals surface area contributed by atoms with Gasteiger partial charge in [-0.25, -0.2) is 18.1 Å². The van der Waals surface area contributed by atoms with Crippen molar-refractivity contribution in [3.63, 3.8) is 0 Å². The van der Waals surface area contributed by atoms with Gasteiger partial charge in [-0.3, -0.25) is 4.79 Å². The minimum absolute atomic E-state index is 0.0956. The molecule has 0 aliphatic carbocycles. The van der Waals surface area contributed by atoms with Crippen LogP contribution in [0.5, 0.6) is 11.5 Å². The highest BCUT2D eigenvalue weighted by Gasteiger charge is 2.36. The van der Waals surface area contributed by atoms with Crippen LogP contribution >= 0.6 is 11.5 Å². The molecule has 1 aromatic heterocycles. The summed E-state index contributed by atoms with van der Waals surface area (Å²) >= 11 is 0.840. The minimum Gasteiger partial charge on any atom is -0.491 e. The lowest BCUT2D eigenvalue weighted by molar-refractivity contribution is -0.127. The molecular formula is C21H20N2O6S. The monoisotopic (exact) mass is 428 g/mol. The van der Waals surface area contributed by atoms with E-state index in [1.54, 1.807) is 32.0 Å². The average Bonchev–Trinajstić information content (AvgIpc) is 2.95. The summed E-state index contributed by atoms with van der Waals surface area (Å²) in [7, 11) is 0. The van der Waals surface area contributed by atoms with Gasteiger partial charge in [0.15, 0.2) is 0 Å². The number of carbonyl (C=O) groups is 1. The van der Waals surface area contributed by atoms with E-state index in [9.17, 15) is 14.4 Å². The molecular weight excluding hydrogens is 408 g/mol. The molecule has 0 radical (unpaired) electrons. The van der Waals surface area contributed by atoms with E-state index >= 15 is 0 Å². The largest absolute Gasteiger partial charge is 0.491 e. The van der Waals surface area contributed by atoms with Crippen LogP contribution in [0.25, 0.3) is 0 Å². The van der Waals surface area contributed by atoms with Gasteiger partial charge in [-0.2, -0.15) is 0 Å². The zero-order chi connectivity index (χ0) is 21.3. The zero-order valence-corrected chi connectivity index (χ0v) is 17.3. The van der Waals surface area contributed by atoms with Crippen molar-refractivity contribution in [2.75, 3.05) is 6.61 Å². The number of aromatic nitrogens is 2. The number of benzene rings is 2. The topological polar surface area (TPSA) is 88.8 Å². The molecule has 1 aliphatic rings. The third-order valence-corrected chi connectivity index (χ3v) is 5.41. The normalized spacial score (nSPS) is 14.5. The Bertz CT molecular complexity index is 1190. The molecule has 3 aromatic rings. The quantitative estimate of drug-likeness (QED) is 0.561. The lowest BCUT2D eigenvalue weighted by Crippen LogP contribution is -2.39. The number of carbonyl (C=O) groups excluding carboxylic acids is 1. The maximum absolute atomic E-state index is 12.6. The van der Waals surface area contributed by atoms with Gasteiger partial charge >= 0.3 is 16.5 Å². The Hall–Kier alpha value is -3.33. The highest BCUT2D eigenvalue weighted by molar-refractivity contribution is 7.03. The standard InChI is InChI=1S/C21H20N2O6S/c1-21(2)28-16-10-6-9-15(17(16)18(24)29-21)27-12-11-23-19(25)22(20(26)30-23)13-14-7-4-3-5-8-14/h3-10H,11-13H2,1-2H3. The number of hydrogen-bond acceptors (Lipinski definition) is 7. The summed E-state index contributed by atoms with van der Waals surface area (Å²) in [6, 6.07) is 14.3. The smallest absolute Gasteiger partial charge is 0.349 e. The fourth-order valence-corrected chi connectivity index (χ4v) is 3.92. The molecule has 0 fully saturated rings. The number of rotatable bonds is 6. The van der Waals surface area contributed by atoms with Crippen molar-refractivity contribution in [2.24, 2.45) is 0 Å². The van der Waals surface area contributed by atoms with Gasteiger partial charge in [0.1, 0.15) is 23.7 Å². The first-order valence-electron chi connectivity index (χ1n) is 9.37. The van der Waals surface area contributed by atoms with E-state index in [0.29, 0.717) is 11.5 Å². The SMILES string of the molecule is CC1(C)OC(=O)c2c(OCCn3sc(=O)n(Cc4ccccc4)c3=O)cccc2O1.